The molecule has 8 nitrogen and oxygen atoms in total. The largest absolute Gasteiger partial charge is 0.480 e. The lowest BCUT2D eigenvalue weighted by Gasteiger charge is -2.17. The van der Waals surface area contributed by atoms with Crippen molar-refractivity contribution in [2.24, 2.45) is 0 Å². The van der Waals surface area contributed by atoms with Crippen molar-refractivity contribution in [2.45, 2.75) is 6.92 Å². The van der Waals surface area contributed by atoms with Crippen LogP contribution < -0.4 is 0 Å². The zero-order valence-electron chi connectivity index (χ0n) is 9.30. The summed E-state index contributed by atoms with van der Waals surface area (Å²) in [6, 6.07) is 0. The first kappa shape index (κ1) is 15.0. The Labute approximate surface area is 97.3 Å². The van der Waals surface area contributed by atoms with E-state index in [9.17, 15) is 14.4 Å². The zero-order chi connectivity index (χ0) is 13.4. The highest BCUT2D eigenvalue weighted by atomic mass is 16.5. The van der Waals surface area contributed by atoms with Gasteiger partial charge >= 0.3 is 17.9 Å². The third-order valence-corrected chi connectivity index (χ3v) is 1.62. The molecule has 0 aliphatic heterocycles. The van der Waals surface area contributed by atoms with Crippen molar-refractivity contribution in [3.63, 3.8) is 0 Å². The summed E-state index contributed by atoms with van der Waals surface area (Å²) in [4.78, 5) is 32.9. The van der Waals surface area contributed by atoms with Crippen LogP contribution in [-0.2, 0) is 19.1 Å². The number of ether oxygens (including phenoxy) is 1. The lowest BCUT2D eigenvalue weighted by atomic mass is 10.3. The molecule has 0 aromatic rings. The van der Waals surface area contributed by atoms with E-state index in [-0.39, 0.29) is 13.2 Å². The molecule has 0 radical (unpaired) electrons. The number of carbonyl (C=O) groups excluding carboxylic acids is 1. The molecule has 0 aromatic heterocycles. The third-order valence-electron chi connectivity index (χ3n) is 1.62. The van der Waals surface area contributed by atoms with Crippen molar-refractivity contribution in [1.82, 2.24) is 4.90 Å². The van der Waals surface area contributed by atoms with Gasteiger partial charge in [0.1, 0.15) is 5.71 Å². The molecule has 8 heteroatoms. The summed E-state index contributed by atoms with van der Waals surface area (Å²) in [6.45, 7) is 0.163. The van der Waals surface area contributed by atoms with Crippen LogP contribution in [-0.4, -0.2) is 65.0 Å². The number of hydrogen-bond donors (Lipinski definition) is 3. The first-order valence-electron chi connectivity index (χ1n) is 4.77. The van der Waals surface area contributed by atoms with Crippen molar-refractivity contribution in [3.05, 3.63) is 0 Å². The smallest absolute Gasteiger partial charge is 0.353 e. The number of aliphatic carboxylic acids is 2. The van der Waals surface area contributed by atoms with Gasteiger partial charge < -0.3 is 14.9 Å². The maximum absolute atomic E-state index is 11.1. The minimum absolute atomic E-state index is 0.0963. The van der Waals surface area contributed by atoms with E-state index in [1.165, 1.54) is 0 Å². The van der Waals surface area contributed by atoms with Crippen LogP contribution in [0, 0.1) is 5.41 Å². The van der Waals surface area contributed by atoms with Gasteiger partial charge in [0.05, 0.1) is 19.7 Å². The molecule has 0 aliphatic carbocycles. The van der Waals surface area contributed by atoms with Gasteiger partial charge in [0.25, 0.3) is 0 Å². The summed E-state index contributed by atoms with van der Waals surface area (Å²) in [5, 5.41) is 24.4. The summed E-state index contributed by atoms with van der Waals surface area (Å²) in [6.07, 6.45) is 0. The minimum atomic E-state index is -1.23. The Morgan fingerprint density at radius 1 is 1.12 bits per heavy atom. The Morgan fingerprint density at radius 2 is 1.59 bits per heavy atom. The number of nitrogens with zero attached hydrogens (tertiary/aromatic N) is 1. The molecule has 0 amide bonds. The number of hydrogen-bond acceptors (Lipinski definition) is 6. The van der Waals surface area contributed by atoms with E-state index >= 15 is 0 Å². The topological polar surface area (TPSA) is 128 Å². The molecule has 0 atom stereocenters. The predicted molar refractivity (Wildman–Crippen MR) is 56.1 cm³/mol. The van der Waals surface area contributed by atoms with E-state index in [0.29, 0.717) is 0 Å². The van der Waals surface area contributed by atoms with Crippen LogP contribution in [0.3, 0.4) is 0 Å². The van der Waals surface area contributed by atoms with Gasteiger partial charge in [0.2, 0.25) is 0 Å². The summed E-state index contributed by atoms with van der Waals surface area (Å²) in [5.41, 5.74) is -0.477. The summed E-state index contributed by atoms with van der Waals surface area (Å²) in [5.74, 6) is -3.35. The maximum atomic E-state index is 11.1. The number of carbonyl (C=O) groups is 3. The van der Waals surface area contributed by atoms with Gasteiger partial charge in [-0.05, 0) is 6.92 Å². The van der Waals surface area contributed by atoms with Crippen molar-refractivity contribution in [3.8, 4) is 0 Å². The van der Waals surface area contributed by atoms with Crippen LogP contribution in [0.25, 0.3) is 0 Å². The highest BCUT2D eigenvalue weighted by Crippen LogP contribution is 1.92. The lowest BCUT2D eigenvalue weighted by molar-refractivity contribution is -0.142. The molecule has 0 spiro atoms. The van der Waals surface area contributed by atoms with Crippen LogP contribution in [0.4, 0.5) is 0 Å². The van der Waals surface area contributed by atoms with Gasteiger partial charge in [-0.15, -0.1) is 0 Å². The molecule has 3 N–H and O–H groups in total. The molecule has 0 unspecified atom stereocenters. The number of carboxylic acid groups (broad SMARTS) is 2. The van der Waals surface area contributed by atoms with E-state index in [2.05, 4.69) is 4.74 Å². The standard InChI is InChI=1S/C9H14N2O6/c1-2-17-9(16)6(10)3-11(4-7(12)13)5-8(14)15/h10H,2-5H2,1H3,(H,12,13)(H,14,15). The van der Waals surface area contributed by atoms with Crippen molar-refractivity contribution >= 4 is 23.6 Å². The molecule has 0 aliphatic rings. The molecular formula is C9H14N2O6. The molecule has 0 saturated heterocycles. The molecule has 17 heavy (non-hydrogen) atoms. The molecule has 0 bridgehead atoms. The first-order valence-corrected chi connectivity index (χ1v) is 4.77. The van der Waals surface area contributed by atoms with Gasteiger partial charge in [-0.1, -0.05) is 0 Å². The van der Waals surface area contributed by atoms with Crippen molar-refractivity contribution in [2.75, 3.05) is 26.2 Å². The van der Waals surface area contributed by atoms with Gasteiger partial charge in [-0.2, -0.15) is 0 Å². The third kappa shape index (κ3) is 7.01. The average molecular weight is 246 g/mol. The molecular weight excluding hydrogens is 232 g/mol. The fraction of sp³-hybridized carbons (Fsp3) is 0.556. The Hall–Kier alpha value is -1.96. The molecule has 0 saturated carbocycles. The van der Waals surface area contributed by atoms with Crippen LogP contribution in [0.15, 0.2) is 0 Å². The molecule has 96 valence electrons. The summed E-state index contributed by atoms with van der Waals surface area (Å²) >= 11 is 0. The normalized spacial score (nSPS) is 10.0. The highest BCUT2D eigenvalue weighted by molar-refractivity contribution is 6.36. The summed E-state index contributed by atoms with van der Waals surface area (Å²) in [7, 11) is 0. The number of esters is 1. The zero-order valence-corrected chi connectivity index (χ0v) is 9.30. The lowest BCUT2D eigenvalue weighted by Crippen LogP contribution is -2.40. The predicted octanol–water partition coefficient (Wildman–Crippen LogP) is -0.960. The van der Waals surface area contributed by atoms with E-state index in [1.807, 2.05) is 0 Å². The van der Waals surface area contributed by atoms with Crippen LogP contribution in [0.5, 0.6) is 0 Å². The average Bonchev–Trinajstić information content (AvgIpc) is 2.15. The van der Waals surface area contributed by atoms with E-state index in [0.717, 1.165) is 4.90 Å². The Morgan fingerprint density at radius 3 is 1.94 bits per heavy atom. The van der Waals surface area contributed by atoms with Gasteiger partial charge in [-0.3, -0.25) is 19.9 Å². The monoisotopic (exact) mass is 246 g/mol. The molecule has 0 fully saturated rings. The fourth-order valence-corrected chi connectivity index (χ4v) is 1.06. The van der Waals surface area contributed by atoms with Crippen molar-refractivity contribution < 1.29 is 29.3 Å². The maximum Gasteiger partial charge on any atom is 0.353 e. The second kappa shape index (κ2) is 7.34. The number of rotatable bonds is 8. The number of carboxylic acids is 2. The SMILES string of the molecule is CCOC(=O)C(=N)CN(CC(=O)O)CC(=O)O. The number of nitrogens with one attached hydrogen (secondary N) is 1. The van der Waals surface area contributed by atoms with E-state index in [1.54, 1.807) is 6.92 Å². The van der Waals surface area contributed by atoms with Crippen molar-refractivity contribution in [1.29, 1.82) is 5.41 Å². The Balaban J connectivity index is 4.41. The Bertz CT molecular complexity index is 311. The van der Waals surface area contributed by atoms with E-state index < -0.39 is 36.7 Å². The van der Waals surface area contributed by atoms with E-state index in [4.69, 9.17) is 15.6 Å². The van der Waals surface area contributed by atoms with Crippen LogP contribution in [0.1, 0.15) is 6.92 Å². The quantitative estimate of drug-likeness (QED) is 0.371. The first-order chi connectivity index (χ1) is 7.86. The minimum Gasteiger partial charge on any atom is -0.480 e. The second-order valence-electron chi connectivity index (χ2n) is 3.13. The molecule has 0 aromatic carbocycles. The van der Waals surface area contributed by atoms with Crippen LogP contribution >= 0.6 is 0 Å². The fourth-order valence-electron chi connectivity index (χ4n) is 1.06. The van der Waals surface area contributed by atoms with Gasteiger partial charge in [-0.25, -0.2) is 4.79 Å². The molecule has 0 heterocycles. The molecule has 0 rings (SSSR count). The highest BCUT2D eigenvalue weighted by Gasteiger charge is 2.19. The Kier molecular flexibility index (Phi) is 6.49. The van der Waals surface area contributed by atoms with Gasteiger partial charge in [0.15, 0.2) is 0 Å². The van der Waals surface area contributed by atoms with Gasteiger partial charge in [0, 0.05) is 6.54 Å². The summed E-state index contributed by atoms with van der Waals surface area (Å²) < 4.78 is 4.53. The van der Waals surface area contributed by atoms with Crippen LogP contribution in [0.2, 0.25) is 0 Å². The second-order valence-corrected chi connectivity index (χ2v) is 3.13.